The molecule has 1 fully saturated rings. The lowest BCUT2D eigenvalue weighted by Crippen LogP contribution is -2.27. The minimum Gasteiger partial charge on any atom is -0.488 e. The topological polar surface area (TPSA) is 72.7 Å². The van der Waals surface area contributed by atoms with Gasteiger partial charge in [-0.25, -0.2) is 0 Å². The van der Waals surface area contributed by atoms with E-state index >= 15 is 0 Å². The Morgan fingerprint density at radius 2 is 1.81 bits per heavy atom. The van der Waals surface area contributed by atoms with Crippen LogP contribution in [0, 0.1) is 10.1 Å². The average Bonchev–Trinajstić information content (AvgIpc) is 3.06. The molecule has 1 saturated heterocycles. The zero-order valence-electron chi connectivity index (χ0n) is 16.4. The number of hydrogen-bond acceptors (Lipinski definition) is 6. The number of nitro benzene ring substituents is 1. The second-order valence-corrected chi connectivity index (χ2v) is 9.34. The predicted molar refractivity (Wildman–Crippen MR) is 134 cm³/mol. The van der Waals surface area contributed by atoms with E-state index in [1.807, 2.05) is 48.5 Å². The highest BCUT2D eigenvalue weighted by Gasteiger charge is 2.33. The highest BCUT2D eigenvalue weighted by atomic mass is 79.9. The molecule has 9 heteroatoms. The summed E-state index contributed by atoms with van der Waals surface area (Å²) in [7, 11) is 0. The van der Waals surface area contributed by atoms with E-state index in [2.05, 4.69) is 15.9 Å². The number of rotatable bonds is 6. The van der Waals surface area contributed by atoms with Crippen molar-refractivity contribution in [2.24, 2.45) is 0 Å². The molecular weight excluding hydrogens is 512 g/mol. The molecule has 160 valence electrons. The van der Waals surface area contributed by atoms with E-state index in [0.29, 0.717) is 27.3 Å². The molecule has 0 aliphatic carbocycles. The maximum absolute atomic E-state index is 13.1. The second-order valence-electron chi connectivity index (χ2n) is 6.75. The van der Waals surface area contributed by atoms with Gasteiger partial charge in [-0.3, -0.25) is 19.8 Å². The summed E-state index contributed by atoms with van der Waals surface area (Å²) < 4.78 is 7.21. The zero-order valence-corrected chi connectivity index (χ0v) is 19.7. The van der Waals surface area contributed by atoms with E-state index in [9.17, 15) is 14.9 Å². The normalized spacial score (nSPS) is 14.8. The summed E-state index contributed by atoms with van der Waals surface area (Å²) in [6.07, 6.45) is 1.75. The number of thioether (sulfide) groups is 1. The maximum Gasteiger partial charge on any atom is 0.270 e. The number of anilines is 1. The Morgan fingerprint density at radius 1 is 1.09 bits per heavy atom. The summed E-state index contributed by atoms with van der Waals surface area (Å²) in [5.74, 6) is 0.348. The smallest absolute Gasteiger partial charge is 0.270 e. The number of ether oxygens (including phenoxy) is 1. The minimum atomic E-state index is -0.488. The number of carbonyl (C=O) groups excluding carboxylic acids is 1. The molecule has 0 N–H and O–H groups in total. The first kappa shape index (κ1) is 22.2. The van der Waals surface area contributed by atoms with Crippen LogP contribution in [0.2, 0.25) is 0 Å². The Morgan fingerprint density at radius 3 is 2.50 bits per heavy atom. The van der Waals surface area contributed by atoms with Gasteiger partial charge in [0.25, 0.3) is 11.6 Å². The van der Waals surface area contributed by atoms with Crippen LogP contribution in [0.15, 0.2) is 82.2 Å². The number of nitrogens with zero attached hydrogens (tertiary/aromatic N) is 2. The quantitative estimate of drug-likeness (QED) is 0.161. The standard InChI is InChI=1S/C23H15BrN2O4S2/c24-17-6-11-20(30-14-15-4-2-1-3-5-15)16(12-17)13-21-22(27)25(23(31)32-21)18-7-9-19(10-8-18)26(28)29/h1-13H,14H2/b21-13+. The first-order valence-electron chi connectivity index (χ1n) is 9.41. The molecule has 0 radical (unpaired) electrons. The predicted octanol–water partition coefficient (Wildman–Crippen LogP) is 6.34. The number of nitro groups is 1. The average molecular weight is 527 g/mol. The fourth-order valence-corrected chi connectivity index (χ4v) is 4.72. The van der Waals surface area contributed by atoms with Gasteiger partial charge >= 0.3 is 0 Å². The first-order valence-corrected chi connectivity index (χ1v) is 11.4. The zero-order chi connectivity index (χ0) is 22.7. The molecule has 1 aliphatic rings. The van der Waals surface area contributed by atoms with Gasteiger partial charge in [-0.05, 0) is 42.0 Å². The fraction of sp³-hybridized carbons (Fsp3) is 0.0435. The molecule has 1 amide bonds. The van der Waals surface area contributed by atoms with Gasteiger partial charge in [0.2, 0.25) is 0 Å². The molecule has 0 bridgehead atoms. The molecule has 32 heavy (non-hydrogen) atoms. The third-order valence-electron chi connectivity index (χ3n) is 4.61. The van der Waals surface area contributed by atoms with Crippen molar-refractivity contribution < 1.29 is 14.5 Å². The van der Waals surface area contributed by atoms with Crippen molar-refractivity contribution in [1.82, 2.24) is 0 Å². The molecule has 0 atom stereocenters. The van der Waals surface area contributed by atoms with Crippen molar-refractivity contribution in [2.45, 2.75) is 6.61 Å². The van der Waals surface area contributed by atoms with Crippen LogP contribution in [0.5, 0.6) is 5.75 Å². The molecule has 1 aliphatic heterocycles. The second kappa shape index (κ2) is 9.64. The van der Waals surface area contributed by atoms with Gasteiger partial charge < -0.3 is 4.74 Å². The van der Waals surface area contributed by atoms with Crippen molar-refractivity contribution in [3.05, 3.63) is 103 Å². The van der Waals surface area contributed by atoms with E-state index in [-0.39, 0.29) is 11.6 Å². The lowest BCUT2D eigenvalue weighted by molar-refractivity contribution is -0.384. The Balaban J connectivity index is 1.59. The first-order chi connectivity index (χ1) is 15.4. The molecule has 6 nitrogen and oxygen atoms in total. The van der Waals surface area contributed by atoms with Crippen molar-refractivity contribution in [1.29, 1.82) is 0 Å². The number of thiocarbonyl (C=S) groups is 1. The number of benzene rings is 3. The highest BCUT2D eigenvalue weighted by Crippen LogP contribution is 2.38. The maximum atomic E-state index is 13.1. The highest BCUT2D eigenvalue weighted by molar-refractivity contribution is 9.10. The molecule has 0 unspecified atom stereocenters. The summed E-state index contributed by atoms with van der Waals surface area (Å²) in [4.78, 5) is 25.3. The van der Waals surface area contributed by atoms with Crippen LogP contribution in [0.1, 0.15) is 11.1 Å². The molecule has 0 spiro atoms. The summed E-state index contributed by atoms with van der Waals surface area (Å²) >= 11 is 10.0. The van der Waals surface area contributed by atoms with E-state index in [4.69, 9.17) is 17.0 Å². The lowest BCUT2D eigenvalue weighted by Gasteiger charge is -2.14. The van der Waals surface area contributed by atoms with Crippen LogP contribution in [-0.2, 0) is 11.4 Å². The number of hydrogen-bond donors (Lipinski definition) is 0. The molecule has 0 aromatic heterocycles. The van der Waals surface area contributed by atoms with Crippen LogP contribution >= 0.6 is 39.9 Å². The summed E-state index contributed by atoms with van der Waals surface area (Å²) in [6, 6.07) is 21.1. The molecule has 0 saturated carbocycles. The van der Waals surface area contributed by atoms with Gasteiger partial charge in [0.05, 0.1) is 15.5 Å². The lowest BCUT2D eigenvalue weighted by atomic mass is 10.1. The SMILES string of the molecule is O=C1/C(=C\c2cc(Br)ccc2OCc2ccccc2)SC(=S)N1c1ccc([N+](=O)[O-])cc1. The molecule has 1 heterocycles. The van der Waals surface area contributed by atoms with Crippen LogP contribution in [-0.4, -0.2) is 15.2 Å². The molecule has 3 aromatic carbocycles. The van der Waals surface area contributed by atoms with Crippen molar-refractivity contribution in [2.75, 3.05) is 4.90 Å². The van der Waals surface area contributed by atoms with E-state index in [1.165, 1.54) is 40.9 Å². The van der Waals surface area contributed by atoms with Gasteiger partial charge in [0.15, 0.2) is 4.32 Å². The van der Waals surface area contributed by atoms with E-state index in [0.717, 1.165) is 15.6 Å². The van der Waals surface area contributed by atoms with Crippen molar-refractivity contribution >= 4 is 67.6 Å². The van der Waals surface area contributed by atoms with Crippen molar-refractivity contribution in [3.8, 4) is 5.75 Å². The van der Waals surface area contributed by atoms with Crippen molar-refractivity contribution in [3.63, 3.8) is 0 Å². The number of halogens is 1. The number of non-ortho nitro benzene ring substituents is 1. The summed E-state index contributed by atoms with van der Waals surface area (Å²) in [5.41, 5.74) is 2.20. The van der Waals surface area contributed by atoms with Gasteiger partial charge in [-0.1, -0.05) is 70.2 Å². The van der Waals surface area contributed by atoms with Gasteiger partial charge in [0, 0.05) is 22.2 Å². The summed E-state index contributed by atoms with van der Waals surface area (Å²) in [6.45, 7) is 0.396. The monoisotopic (exact) mass is 526 g/mol. The molecule has 4 rings (SSSR count). The Labute approximate surface area is 202 Å². The molecular formula is C23H15BrN2O4S2. The van der Waals surface area contributed by atoms with Gasteiger partial charge in [0.1, 0.15) is 12.4 Å². The van der Waals surface area contributed by atoms with Gasteiger partial charge in [-0.2, -0.15) is 0 Å². The number of amides is 1. The van der Waals surface area contributed by atoms with Crippen LogP contribution < -0.4 is 9.64 Å². The third kappa shape index (κ3) is 4.90. The Bertz CT molecular complexity index is 1230. The Hall–Kier alpha value is -3.01. The Kier molecular flexibility index (Phi) is 6.69. The minimum absolute atomic E-state index is 0.0518. The van der Waals surface area contributed by atoms with E-state index < -0.39 is 4.92 Å². The largest absolute Gasteiger partial charge is 0.488 e. The number of carbonyl (C=O) groups is 1. The summed E-state index contributed by atoms with van der Waals surface area (Å²) in [5, 5.41) is 10.9. The van der Waals surface area contributed by atoms with Crippen LogP contribution in [0.25, 0.3) is 6.08 Å². The van der Waals surface area contributed by atoms with Crippen LogP contribution in [0.4, 0.5) is 11.4 Å². The molecule has 3 aromatic rings. The van der Waals surface area contributed by atoms with Gasteiger partial charge in [-0.15, -0.1) is 0 Å². The third-order valence-corrected chi connectivity index (χ3v) is 6.40. The van der Waals surface area contributed by atoms with E-state index in [1.54, 1.807) is 6.08 Å². The fourth-order valence-electron chi connectivity index (χ4n) is 3.05. The van der Waals surface area contributed by atoms with Crippen LogP contribution in [0.3, 0.4) is 0 Å².